The quantitative estimate of drug-likeness (QED) is 0.277. The average molecular weight is 205 g/mol. The topological polar surface area (TPSA) is 71.1 Å². The zero-order chi connectivity index (χ0) is 10.8. The molecule has 0 fully saturated rings. The van der Waals surface area contributed by atoms with E-state index in [4.69, 9.17) is 9.94 Å². The van der Waals surface area contributed by atoms with Crippen LogP contribution in [-0.2, 0) is 4.84 Å². The molecule has 6 nitrogen and oxygen atoms in total. The van der Waals surface area contributed by atoms with Crippen molar-refractivity contribution in [2.24, 2.45) is 5.28 Å². The van der Waals surface area contributed by atoms with Gasteiger partial charge in [-0.1, -0.05) is 0 Å². The zero-order valence-corrected chi connectivity index (χ0v) is 8.85. The van der Waals surface area contributed by atoms with Crippen molar-refractivity contribution in [3.8, 4) is 0 Å². The molecule has 0 saturated carbocycles. The van der Waals surface area contributed by atoms with Crippen molar-refractivity contribution < 1.29 is 14.9 Å². The second kappa shape index (κ2) is 8.55. The summed E-state index contributed by atoms with van der Waals surface area (Å²) in [4.78, 5) is 5.23. The molecule has 0 unspecified atom stereocenters. The van der Waals surface area contributed by atoms with E-state index in [0.717, 1.165) is 0 Å². The van der Waals surface area contributed by atoms with E-state index in [1.165, 1.54) is 5.01 Å². The van der Waals surface area contributed by atoms with Gasteiger partial charge in [0, 0.05) is 6.61 Å². The highest BCUT2D eigenvalue weighted by molar-refractivity contribution is 4.33. The summed E-state index contributed by atoms with van der Waals surface area (Å²) in [5.74, 6) is 0. The number of aliphatic hydroxyl groups is 1. The van der Waals surface area contributed by atoms with Gasteiger partial charge in [0.05, 0.1) is 18.1 Å². The molecule has 0 atom stereocenters. The van der Waals surface area contributed by atoms with Crippen LogP contribution in [0.5, 0.6) is 0 Å². The fourth-order valence-corrected chi connectivity index (χ4v) is 0.886. The highest BCUT2D eigenvalue weighted by Gasteiger charge is 2.05. The Bertz CT molecular complexity index is 160. The van der Waals surface area contributed by atoms with Gasteiger partial charge in [0.25, 0.3) is 0 Å². The van der Waals surface area contributed by atoms with Crippen LogP contribution in [0.15, 0.2) is 5.28 Å². The molecular weight excluding hydrogens is 186 g/mol. The minimum atomic E-state index is 0.139. The lowest BCUT2D eigenvalue weighted by Crippen LogP contribution is -2.30. The Kier molecular flexibility index (Phi) is 7.92. The fourth-order valence-electron chi connectivity index (χ4n) is 0.886. The predicted octanol–water partition coefficient (Wildman–Crippen LogP) is 0.910. The van der Waals surface area contributed by atoms with E-state index in [2.05, 4.69) is 5.28 Å². The second-order valence-electron chi connectivity index (χ2n) is 2.74. The van der Waals surface area contributed by atoms with Gasteiger partial charge in [-0.2, -0.15) is 0 Å². The maximum absolute atomic E-state index is 11.1. The lowest BCUT2D eigenvalue weighted by atomic mass is 10.3. The Morgan fingerprint density at radius 1 is 1.36 bits per heavy atom. The summed E-state index contributed by atoms with van der Waals surface area (Å²) in [6, 6.07) is 0. The molecule has 14 heavy (non-hydrogen) atoms. The maximum atomic E-state index is 11.1. The Labute approximate surface area is 84.3 Å². The molecule has 0 spiro atoms. The molecule has 0 aliphatic heterocycles. The summed E-state index contributed by atoms with van der Waals surface area (Å²) in [5.41, 5.74) is 0. The molecular formula is C8H19N3O3. The molecule has 0 aliphatic rings. The summed E-state index contributed by atoms with van der Waals surface area (Å²) in [6.07, 6.45) is 1.37. The normalized spacial score (nSPS) is 11.5. The van der Waals surface area contributed by atoms with Crippen molar-refractivity contribution in [3.05, 3.63) is 5.21 Å². The van der Waals surface area contributed by atoms with E-state index >= 15 is 0 Å². The fraction of sp³-hybridized carbons (Fsp3) is 1.00. The molecule has 0 radical (unpaired) electrons. The largest absolute Gasteiger partial charge is 0.569 e. The van der Waals surface area contributed by atoms with E-state index in [1.54, 1.807) is 0 Å². The first-order valence-corrected chi connectivity index (χ1v) is 4.92. The number of unbranched alkanes of at least 4 members (excludes halogenated alkanes) is 1. The van der Waals surface area contributed by atoms with Gasteiger partial charge < -0.3 is 15.2 Å². The number of hydrogen-bond acceptors (Lipinski definition) is 4. The van der Waals surface area contributed by atoms with E-state index in [9.17, 15) is 5.21 Å². The molecule has 0 heterocycles. The Morgan fingerprint density at radius 2 is 2.00 bits per heavy atom. The SMILES string of the molecule is CCN(CC)/[N+]([O-])=N/OCCCCO. The third kappa shape index (κ3) is 5.58. The monoisotopic (exact) mass is 205 g/mol. The Hall–Kier alpha value is -1.04. The third-order valence-corrected chi connectivity index (χ3v) is 1.74. The summed E-state index contributed by atoms with van der Waals surface area (Å²) >= 11 is 0. The van der Waals surface area contributed by atoms with Gasteiger partial charge in [0.15, 0.2) is 0 Å². The first kappa shape index (κ1) is 13.0. The van der Waals surface area contributed by atoms with Crippen LogP contribution in [0.3, 0.4) is 0 Å². The standard InChI is InChI=1S/C8H19N3O3/c1-3-10(4-2)11(13)9-14-8-6-5-7-12/h12H,3-8H2,1-2H3/b11-9-. The molecule has 84 valence electrons. The minimum absolute atomic E-state index is 0.139. The zero-order valence-electron chi connectivity index (χ0n) is 8.85. The van der Waals surface area contributed by atoms with Crippen LogP contribution in [0.4, 0.5) is 0 Å². The van der Waals surface area contributed by atoms with Crippen LogP contribution in [0.2, 0.25) is 0 Å². The number of hydrazine groups is 1. The molecule has 0 aliphatic carbocycles. The van der Waals surface area contributed by atoms with Crippen molar-refractivity contribution in [2.75, 3.05) is 26.3 Å². The van der Waals surface area contributed by atoms with Crippen LogP contribution in [0, 0.1) is 5.21 Å². The molecule has 1 N–H and O–H groups in total. The van der Waals surface area contributed by atoms with E-state index in [-0.39, 0.29) is 6.61 Å². The Balaban J connectivity index is 3.64. The Morgan fingerprint density at radius 3 is 2.50 bits per heavy atom. The highest BCUT2D eigenvalue weighted by Crippen LogP contribution is 1.93. The van der Waals surface area contributed by atoms with Crippen LogP contribution < -0.4 is 0 Å². The summed E-state index contributed by atoms with van der Waals surface area (Å²) in [5, 5.41) is 24.5. The maximum Gasteiger partial charge on any atom is 0.233 e. The molecule has 0 aromatic carbocycles. The minimum Gasteiger partial charge on any atom is -0.569 e. The van der Waals surface area contributed by atoms with Crippen molar-refractivity contribution in [2.45, 2.75) is 26.7 Å². The van der Waals surface area contributed by atoms with Gasteiger partial charge in [-0.05, 0) is 26.7 Å². The lowest BCUT2D eigenvalue weighted by Gasteiger charge is -2.13. The number of rotatable bonds is 8. The molecule has 0 aromatic heterocycles. The summed E-state index contributed by atoms with van der Waals surface area (Å²) in [6.45, 7) is 5.44. The first-order valence-electron chi connectivity index (χ1n) is 4.92. The number of aliphatic hydroxyl groups excluding tert-OH is 1. The number of nitrogens with zero attached hydrogens (tertiary/aromatic N) is 3. The van der Waals surface area contributed by atoms with Crippen LogP contribution in [-0.4, -0.2) is 41.4 Å². The molecule has 0 aromatic rings. The van der Waals surface area contributed by atoms with Gasteiger partial charge in [0.2, 0.25) is 5.28 Å². The summed E-state index contributed by atoms with van der Waals surface area (Å²) < 4.78 is 0. The average Bonchev–Trinajstić information content (AvgIpc) is 2.19. The van der Waals surface area contributed by atoms with Crippen molar-refractivity contribution in [1.29, 1.82) is 0 Å². The highest BCUT2D eigenvalue weighted by atomic mass is 16.7. The van der Waals surface area contributed by atoms with Crippen LogP contribution in [0.1, 0.15) is 26.7 Å². The van der Waals surface area contributed by atoms with Crippen molar-refractivity contribution >= 4 is 0 Å². The molecule has 0 bridgehead atoms. The molecule has 6 heteroatoms. The van der Waals surface area contributed by atoms with Crippen molar-refractivity contribution in [3.63, 3.8) is 0 Å². The van der Waals surface area contributed by atoms with Gasteiger partial charge >= 0.3 is 0 Å². The molecule has 0 amide bonds. The van der Waals surface area contributed by atoms with Gasteiger partial charge in [-0.3, -0.25) is 0 Å². The van der Waals surface area contributed by atoms with Crippen LogP contribution in [0.25, 0.3) is 0 Å². The third-order valence-electron chi connectivity index (χ3n) is 1.74. The van der Waals surface area contributed by atoms with Gasteiger partial charge in [0.1, 0.15) is 6.61 Å². The van der Waals surface area contributed by atoms with E-state index in [0.29, 0.717) is 37.5 Å². The predicted molar refractivity (Wildman–Crippen MR) is 51.2 cm³/mol. The summed E-state index contributed by atoms with van der Waals surface area (Å²) in [7, 11) is 0. The number of hydrogen-bond donors (Lipinski definition) is 1. The first-order chi connectivity index (χ1) is 6.76. The smallest absolute Gasteiger partial charge is 0.233 e. The van der Waals surface area contributed by atoms with Gasteiger partial charge in [-0.25, -0.2) is 0 Å². The second-order valence-corrected chi connectivity index (χ2v) is 2.74. The lowest BCUT2D eigenvalue weighted by molar-refractivity contribution is -0.710. The van der Waals surface area contributed by atoms with Crippen LogP contribution >= 0.6 is 0 Å². The molecule has 0 rings (SSSR count). The van der Waals surface area contributed by atoms with E-state index < -0.39 is 0 Å². The molecule has 0 saturated heterocycles. The van der Waals surface area contributed by atoms with Gasteiger partial charge in [-0.15, -0.1) is 5.01 Å². The van der Waals surface area contributed by atoms with E-state index in [1.807, 2.05) is 13.8 Å². The van der Waals surface area contributed by atoms with Crippen molar-refractivity contribution in [1.82, 2.24) is 5.01 Å².